The van der Waals surface area contributed by atoms with Gasteiger partial charge in [0.25, 0.3) is 0 Å². The molecule has 4 heteroatoms. The smallest absolute Gasteiger partial charge is 0.244 e. The molecule has 0 aliphatic carbocycles. The van der Waals surface area contributed by atoms with E-state index in [9.17, 15) is 4.79 Å². The molecular weight excluding hydrogens is 256 g/mol. The monoisotopic (exact) mass is 272 g/mol. The van der Waals surface area contributed by atoms with Crippen LogP contribution >= 0.6 is 11.3 Å². The van der Waals surface area contributed by atoms with Crippen LogP contribution < -0.4 is 5.32 Å². The van der Waals surface area contributed by atoms with Crippen LogP contribution in [-0.4, -0.2) is 17.4 Å². The van der Waals surface area contributed by atoms with E-state index in [0.29, 0.717) is 6.54 Å². The minimum atomic E-state index is -0.0819. The first-order valence-corrected chi connectivity index (χ1v) is 7.04. The fraction of sp³-hybridized carbons (Fsp3) is 0.200. The summed E-state index contributed by atoms with van der Waals surface area (Å²) in [6.45, 7) is 2.59. The molecule has 0 spiro atoms. The Morgan fingerprint density at radius 1 is 1.37 bits per heavy atom. The predicted molar refractivity (Wildman–Crippen MR) is 79.0 cm³/mol. The molecule has 0 radical (unpaired) electrons. The fourth-order valence-corrected chi connectivity index (χ4v) is 2.23. The quantitative estimate of drug-likeness (QED) is 0.850. The fourth-order valence-electron chi connectivity index (χ4n) is 1.65. The van der Waals surface area contributed by atoms with Gasteiger partial charge in [0, 0.05) is 18.0 Å². The number of aryl methyl sites for hydroxylation is 1. The van der Waals surface area contributed by atoms with Crippen molar-refractivity contribution in [3.8, 4) is 0 Å². The van der Waals surface area contributed by atoms with Crippen LogP contribution in [0.3, 0.4) is 0 Å². The molecule has 0 atom stereocenters. The molecule has 0 aliphatic rings. The van der Waals surface area contributed by atoms with Crippen LogP contribution in [-0.2, 0) is 11.2 Å². The molecule has 1 amide bonds. The molecule has 1 aromatic carbocycles. The number of amides is 1. The zero-order chi connectivity index (χ0) is 13.5. The van der Waals surface area contributed by atoms with Crippen molar-refractivity contribution in [3.05, 3.63) is 58.1 Å². The Labute approximate surface area is 117 Å². The molecule has 0 bridgehead atoms. The van der Waals surface area contributed by atoms with Crippen molar-refractivity contribution < 1.29 is 4.79 Å². The summed E-state index contributed by atoms with van der Waals surface area (Å²) >= 11 is 1.58. The van der Waals surface area contributed by atoms with Gasteiger partial charge in [0.15, 0.2) is 0 Å². The first kappa shape index (κ1) is 13.5. The van der Waals surface area contributed by atoms with Gasteiger partial charge in [-0.3, -0.25) is 4.79 Å². The topological polar surface area (TPSA) is 42.0 Å². The molecule has 0 saturated carbocycles. The average Bonchev–Trinajstić information content (AvgIpc) is 2.83. The highest BCUT2D eigenvalue weighted by atomic mass is 32.1. The summed E-state index contributed by atoms with van der Waals surface area (Å²) in [4.78, 5) is 15.9. The summed E-state index contributed by atoms with van der Waals surface area (Å²) in [5.74, 6) is -0.0819. The number of thiazole rings is 1. The maximum absolute atomic E-state index is 11.6. The summed E-state index contributed by atoms with van der Waals surface area (Å²) < 4.78 is 0. The first-order valence-electron chi connectivity index (χ1n) is 6.16. The molecule has 0 unspecified atom stereocenters. The van der Waals surface area contributed by atoms with Gasteiger partial charge >= 0.3 is 0 Å². The van der Waals surface area contributed by atoms with Gasteiger partial charge < -0.3 is 5.32 Å². The molecule has 3 nitrogen and oxygen atoms in total. The van der Waals surface area contributed by atoms with Crippen molar-refractivity contribution in [1.29, 1.82) is 0 Å². The van der Waals surface area contributed by atoms with Gasteiger partial charge in [-0.15, -0.1) is 11.3 Å². The molecule has 0 fully saturated rings. The Morgan fingerprint density at radius 2 is 2.16 bits per heavy atom. The highest BCUT2D eigenvalue weighted by molar-refractivity contribution is 7.09. The van der Waals surface area contributed by atoms with E-state index < -0.39 is 0 Å². The van der Waals surface area contributed by atoms with E-state index in [0.717, 1.165) is 17.1 Å². The Balaban J connectivity index is 1.74. The van der Waals surface area contributed by atoms with E-state index in [2.05, 4.69) is 22.4 Å². The zero-order valence-electron chi connectivity index (χ0n) is 10.8. The Kier molecular flexibility index (Phi) is 4.86. The lowest BCUT2D eigenvalue weighted by Crippen LogP contribution is -2.23. The van der Waals surface area contributed by atoms with Gasteiger partial charge in [0.05, 0.1) is 10.7 Å². The minimum absolute atomic E-state index is 0.0819. The van der Waals surface area contributed by atoms with Crippen molar-refractivity contribution in [3.63, 3.8) is 0 Å². The van der Waals surface area contributed by atoms with E-state index in [1.165, 1.54) is 11.6 Å². The maximum atomic E-state index is 11.6. The molecule has 2 rings (SSSR count). The van der Waals surface area contributed by atoms with Gasteiger partial charge in [-0.1, -0.05) is 30.3 Å². The number of carbonyl (C=O) groups is 1. The highest BCUT2D eigenvalue weighted by Crippen LogP contribution is 2.08. The number of nitrogens with zero attached hydrogens (tertiary/aromatic N) is 1. The van der Waals surface area contributed by atoms with Crippen molar-refractivity contribution in [2.75, 3.05) is 6.54 Å². The van der Waals surface area contributed by atoms with E-state index in [4.69, 9.17) is 0 Å². The Hall–Kier alpha value is -1.94. The van der Waals surface area contributed by atoms with Crippen LogP contribution in [0.25, 0.3) is 6.08 Å². The van der Waals surface area contributed by atoms with Crippen molar-refractivity contribution >= 4 is 23.3 Å². The van der Waals surface area contributed by atoms with Crippen LogP contribution in [0.2, 0.25) is 0 Å². The van der Waals surface area contributed by atoms with Crippen molar-refractivity contribution in [2.45, 2.75) is 13.3 Å². The second kappa shape index (κ2) is 6.85. The number of hydrogen-bond acceptors (Lipinski definition) is 3. The molecular formula is C15H16N2OS. The average molecular weight is 272 g/mol. The minimum Gasteiger partial charge on any atom is -0.352 e. The van der Waals surface area contributed by atoms with Crippen LogP contribution in [0.4, 0.5) is 0 Å². The molecule has 2 aromatic rings. The van der Waals surface area contributed by atoms with Gasteiger partial charge in [-0.2, -0.15) is 0 Å². The van der Waals surface area contributed by atoms with E-state index >= 15 is 0 Å². The van der Waals surface area contributed by atoms with E-state index in [-0.39, 0.29) is 5.91 Å². The van der Waals surface area contributed by atoms with Crippen molar-refractivity contribution in [1.82, 2.24) is 10.3 Å². The summed E-state index contributed by atoms with van der Waals surface area (Å²) in [6, 6.07) is 10.1. The zero-order valence-corrected chi connectivity index (χ0v) is 11.6. The number of hydrogen-bond donors (Lipinski definition) is 1. The highest BCUT2D eigenvalue weighted by Gasteiger charge is 1.97. The number of aromatic nitrogens is 1. The van der Waals surface area contributed by atoms with Crippen LogP contribution in [0.1, 0.15) is 16.3 Å². The molecule has 0 saturated heterocycles. The van der Waals surface area contributed by atoms with E-state index in [1.807, 2.05) is 30.5 Å². The number of rotatable bonds is 5. The second-order valence-corrected chi connectivity index (χ2v) is 5.21. The molecule has 1 N–H and O–H groups in total. The largest absolute Gasteiger partial charge is 0.352 e. The standard InChI is InChI=1S/C15H16N2OS/c1-12-17-14(11-19-12)7-8-15(18)16-10-9-13-5-3-2-4-6-13/h2-8,11H,9-10H2,1H3,(H,16,18)/b8-7+. The lowest BCUT2D eigenvalue weighted by molar-refractivity contribution is -0.116. The molecule has 1 aromatic heterocycles. The van der Waals surface area contributed by atoms with E-state index in [1.54, 1.807) is 17.4 Å². The van der Waals surface area contributed by atoms with Gasteiger partial charge in [-0.25, -0.2) is 4.98 Å². The van der Waals surface area contributed by atoms with Gasteiger partial charge in [-0.05, 0) is 25.0 Å². The van der Waals surface area contributed by atoms with Crippen molar-refractivity contribution in [2.24, 2.45) is 0 Å². The molecule has 19 heavy (non-hydrogen) atoms. The number of carbonyl (C=O) groups excluding carboxylic acids is 1. The number of benzene rings is 1. The van der Waals surface area contributed by atoms with Gasteiger partial charge in [0.2, 0.25) is 5.91 Å². The van der Waals surface area contributed by atoms with Crippen LogP contribution in [0.5, 0.6) is 0 Å². The third-order valence-corrected chi connectivity index (χ3v) is 3.39. The lowest BCUT2D eigenvalue weighted by Gasteiger charge is -2.02. The Bertz CT molecular complexity index is 561. The normalized spacial score (nSPS) is 10.8. The number of nitrogens with one attached hydrogen (secondary N) is 1. The van der Waals surface area contributed by atoms with Crippen LogP contribution in [0.15, 0.2) is 41.8 Å². The third kappa shape index (κ3) is 4.67. The summed E-state index contributed by atoms with van der Waals surface area (Å²) in [6.07, 6.45) is 4.11. The first-order chi connectivity index (χ1) is 9.24. The SMILES string of the molecule is Cc1nc(/C=C/C(=O)NCCc2ccccc2)cs1. The third-order valence-electron chi connectivity index (χ3n) is 2.60. The summed E-state index contributed by atoms with van der Waals surface area (Å²) in [7, 11) is 0. The molecule has 0 aliphatic heterocycles. The molecule has 1 heterocycles. The molecule has 98 valence electrons. The summed E-state index contributed by atoms with van der Waals surface area (Å²) in [5, 5.41) is 5.80. The Morgan fingerprint density at radius 3 is 2.84 bits per heavy atom. The maximum Gasteiger partial charge on any atom is 0.244 e. The summed E-state index contributed by atoms with van der Waals surface area (Å²) in [5.41, 5.74) is 2.06. The lowest BCUT2D eigenvalue weighted by atomic mass is 10.1. The second-order valence-electron chi connectivity index (χ2n) is 4.15. The predicted octanol–water partition coefficient (Wildman–Crippen LogP) is 2.82. The van der Waals surface area contributed by atoms with Gasteiger partial charge in [0.1, 0.15) is 0 Å². The van der Waals surface area contributed by atoms with Crippen LogP contribution in [0, 0.1) is 6.92 Å².